The van der Waals surface area contributed by atoms with Crippen molar-refractivity contribution < 1.29 is 37.0 Å². The number of hydrogen-bond donors (Lipinski definition) is 3. The molecule has 3 aromatic rings. The van der Waals surface area contributed by atoms with E-state index < -0.39 is 47.1 Å². The van der Waals surface area contributed by atoms with Crippen LogP contribution in [0.15, 0.2) is 53.8 Å². The van der Waals surface area contributed by atoms with E-state index in [2.05, 4.69) is 27.0 Å². The number of rotatable bonds is 8. The van der Waals surface area contributed by atoms with Gasteiger partial charge in [-0.2, -0.15) is 13.2 Å². The van der Waals surface area contributed by atoms with E-state index in [0.29, 0.717) is 11.3 Å². The summed E-state index contributed by atoms with van der Waals surface area (Å²) in [4.78, 5) is 36.9. The highest BCUT2D eigenvalue weighted by Crippen LogP contribution is 2.47. The second-order valence-electron chi connectivity index (χ2n) is 9.66. The highest BCUT2D eigenvalue weighted by Gasteiger charge is 2.57. The predicted octanol–water partition coefficient (Wildman–Crippen LogP) is 3.58. The van der Waals surface area contributed by atoms with Gasteiger partial charge in [0.1, 0.15) is 29.3 Å². The molecule has 0 fully saturated rings. The van der Waals surface area contributed by atoms with Crippen LogP contribution in [0.5, 0.6) is 5.75 Å². The standard InChI is InChI=1S/C28H25F4N5O4/c1-15-17(8-9-34-3)10-18(12-35-15)24(38)36-13-27(40,28(30,31)32)21-11-20-23(41-14-26(20,2)25(33)39)22(37-21)16-4-6-19(29)7-5-16/h4-12,40H,3,13-14H2,1-2H3,(H2,33,39)(H,36,38)/b9-8-/t26-,27?/m0/s1. The first kappa shape index (κ1) is 29.3. The smallest absolute Gasteiger partial charge is 0.424 e. The van der Waals surface area contributed by atoms with Crippen LogP contribution in [0.4, 0.5) is 17.6 Å². The highest BCUT2D eigenvalue weighted by atomic mass is 19.4. The topological polar surface area (TPSA) is 140 Å². The molecular weight excluding hydrogens is 546 g/mol. The van der Waals surface area contributed by atoms with Crippen LogP contribution in [0.25, 0.3) is 17.3 Å². The number of fused-ring (bicyclic) bond motifs is 1. The molecule has 214 valence electrons. The Hall–Kier alpha value is -4.65. The predicted molar refractivity (Wildman–Crippen MR) is 142 cm³/mol. The number of nitrogens with two attached hydrogens (primary N) is 1. The molecule has 4 N–H and O–H groups in total. The number of halogens is 4. The highest BCUT2D eigenvalue weighted by molar-refractivity contribution is 5.94. The van der Waals surface area contributed by atoms with E-state index in [1.165, 1.54) is 43.6 Å². The third kappa shape index (κ3) is 5.40. The number of pyridine rings is 2. The van der Waals surface area contributed by atoms with Gasteiger partial charge in [-0.3, -0.25) is 19.6 Å². The lowest BCUT2D eigenvalue weighted by Gasteiger charge is -2.31. The number of alkyl halides is 3. The maximum atomic E-state index is 14.5. The molecule has 1 aliphatic rings. The Morgan fingerprint density at radius 2 is 1.95 bits per heavy atom. The van der Waals surface area contributed by atoms with Crippen LogP contribution in [-0.2, 0) is 15.8 Å². The first-order chi connectivity index (χ1) is 19.2. The lowest BCUT2D eigenvalue weighted by atomic mass is 9.81. The SMILES string of the molecule is C=N/C=C\c1cc(C(=O)NCC(O)(c2cc3c(c(-c4ccc(F)cc4)n2)OC[C@]3(C)C(N)=O)C(F)(F)F)cnc1C. The van der Waals surface area contributed by atoms with Crippen molar-refractivity contribution in [2.45, 2.75) is 31.0 Å². The molecule has 3 heterocycles. The normalized spacial score (nSPS) is 17.9. The average molecular weight is 572 g/mol. The molecule has 13 heteroatoms. The monoisotopic (exact) mass is 571 g/mol. The Morgan fingerprint density at radius 3 is 2.56 bits per heavy atom. The Kier molecular flexibility index (Phi) is 7.68. The van der Waals surface area contributed by atoms with E-state index in [4.69, 9.17) is 10.5 Å². The molecule has 41 heavy (non-hydrogen) atoms. The van der Waals surface area contributed by atoms with Crippen molar-refractivity contribution in [2.75, 3.05) is 13.2 Å². The fraction of sp³-hybridized carbons (Fsp3) is 0.250. The molecule has 0 spiro atoms. The minimum atomic E-state index is -5.35. The molecule has 1 aromatic carbocycles. The van der Waals surface area contributed by atoms with Crippen molar-refractivity contribution in [3.63, 3.8) is 0 Å². The summed E-state index contributed by atoms with van der Waals surface area (Å²) in [7, 11) is 0. The summed E-state index contributed by atoms with van der Waals surface area (Å²) in [6, 6.07) is 6.94. The number of nitrogens with zero attached hydrogens (tertiary/aromatic N) is 3. The molecule has 0 saturated carbocycles. The first-order valence-corrected chi connectivity index (χ1v) is 12.1. The molecule has 0 radical (unpaired) electrons. The van der Waals surface area contributed by atoms with Crippen LogP contribution in [0.3, 0.4) is 0 Å². The Balaban J connectivity index is 1.80. The minimum Gasteiger partial charge on any atom is -0.489 e. The molecule has 0 saturated heterocycles. The van der Waals surface area contributed by atoms with Crippen molar-refractivity contribution >= 4 is 24.6 Å². The number of amides is 2. The van der Waals surface area contributed by atoms with Gasteiger partial charge in [0.05, 0.1) is 17.8 Å². The molecule has 2 aromatic heterocycles. The van der Waals surface area contributed by atoms with Crippen LogP contribution in [0.2, 0.25) is 0 Å². The van der Waals surface area contributed by atoms with Gasteiger partial charge in [0.15, 0.2) is 0 Å². The largest absolute Gasteiger partial charge is 0.489 e. The van der Waals surface area contributed by atoms with Gasteiger partial charge in [0.25, 0.3) is 5.91 Å². The summed E-state index contributed by atoms with van der Waals surface area (Å²) in [6.07, 6.45) is -1.30. The van der Waals surface area contributed by atoms with Crippen LogP contribution in [-0.4, -0.2) is 52.9 Å². The van der Waals surface area contributed by atoms with Gasteiger partial charge in [-0.1, -0.05) is 0 Å². The van der Waals surface area contributed by atoms with Crippen molar-refractivity contribution in [3.05, 3.63) is 82.7 Å². The summed E-state index contributed by atoms with van der Waals surface area (Å²) in [5, 5.41) is 13.2. The van der Waals surface area contributed by atoms with E-state index >= 15 is 0 Å². The zero-order valence-corrected chi connectivity index (χ0v) is 21.9. The summed E-state index contributed by atoms with van der Waals surface area (Å²) in [6.45, 7) is 4.72. The van der Waals surface area contributed by atoms with Crippen molar-refractivity contribution in [2.24, 2.45) is 10.7 Å². The van der Waals surface area contributed by atoms with E-state index in [9.17, 15) is 32.3 Å². The van der Waals surface area contributed by atoms with Crippen molar-refractivity contribution in [1.29, 1.82) is 0 Å². The number of nitrogens with one attached hydrogen (secondary N) is 1. The number of benzene rings is 1. The number of aliphatic imine (C=N–C) groups is 1. The quantitative estimate of drug-likeness (QED) is 0.279. The number of hydrogen-bond acceptors (Lipinski definition) is 7. The third-order valence-corrected chi connectivity index (χ3v) is 6.88. The molecule has 2 amide bonds. The lowest BCUT2D eigenvalue weighted by Crippen LogP contribution is -2.51. The number of carbonyl (C=O) groups excluding carboxylic acids is 2. The summed E-state index contributed by atoms with van der Waals surface area (Å²) in [5.41, 5.74) is 0.232. The second kappa shape index (κ2) is 10.7. The molecule has 4 rings (SSSR count). The van der Waals surface area contributed by atoms with E-state index in [0.717, 1.165) is 18.2 Å². The molecule has 0 aliphatic carbocycles. The number of primary amides is 1. The number of aromatic nitrogens is 2. The number of aliphatic hydroxyl groups is 1. The van der Waals surface area contributed by atoms with Crippen LogP contribution in [0, 0.1) is 12.7 Å². The van der Waals surface area contributed by atoms with E-state index in [1.807, 2.05) is 0 Å². The summed E-state index contributed by atoms with van der Waals surface area (Å²) >= 11 is 0. The number of ether oxygens (including phenoxy) is 1. The maximum absolute atomic E-state index is 14.5. The van der Waals surface area contributed by atoms with Crippen molar-refractivity contribution in [1.82, 2.24) is 15.3 Å². The lowest BCUT2D eigenvalue weighted by molar-refractivity contribution is -0.265. The Labute approximate surface area is 231 Å². The zero-order valence-electron chi connectivity index (χ0n) is 21.9. The average Bonchev–Trinajstić information content (AvgIpc) is 3.28. The zero-order chi connectivity index (χ0) is 30.2. The van der Waals surface area contributed by atoms with Crippen LogP contribution < -0.4 is 15.8 Å². The van der Waals surface area contributed by atoms with E-state index in [-0.39, 0.29) is 34.7 Å². The fourth-order valence-electron chi connectivity index (χ4n) is 4.22. The molecule has 0 bridgehead atoms. The van der Waals surface area contributed by atoms with Crippen LogP contribution >= 0.6 is 0 Å². The van der Waals surface area contributed by atoms with Gasteiger partial charge in [-0.05, 0) is 68.6 Å². The Morgan fingerprint density at radius 1 is 1.27 bits per heavy atom. The number of carbonyl (C=O) groups is 2. The molecule has 9 nitrogen and oxygen atoms in total. The maximum Gasteiger partial charge on any atom is 0.424 e. The van der Waals surface area contributed by atoms with Crippen molar-refractivity contribution in [3.8, 4) is 17.0 Å². The van der Waals surface area contributed by atoms with Gasteiger partial charge < -0.3 is 20.9 Å². The van der Waals surface area contributed by atoms with Gasteiger partial charge in [-0.15, -0.1) is 0 Å². The van der Waals surface area contributed by atoms with Gasteiger partial charge in [-0.25, -0.2) is 9.37 Å². The molecular formula is C28H25F4N5O4. The fourth-order valence-corrected chi connectivity index (χ4v) is 4.22. The second-order valence-corrected chi connectivity index (χ2v) is 9.66. The molecule has 1 aliphatic heterocycles. The van der Waals surface area contributed by atoms with Gasteiger partial charge in [0.2, 0.25) is 11.5 Å². The Bertz CT molecular complexity index is 1560. The number of aryl methyl sites for hydroxylation is 1. The third-order valence-electron chi connectivity index (χ3n) is 6.88. The van der Waals surface area contributed by atoms with Gasteiger partial charge >= 0.3 is 6.18 Å². The molecule has 1 unspecified atom stereocenters. The van der Waals surface area contributed by atoms with E-state index in [1.54, 1.807) is 6.92 Å². The summed E-state index contributed by atoms with van der Waals surface area (Å²) < 4.78 is 62.8. The first-order valence-electron chi connectivity index (χ1n) is 12.1. The molecule has 2 atom stereocenters. The van der Waals surface area contributed by atoms with Gasteiger partial charge in [0, 0.05) is 29.2 Å². The summed E-state index contributed by atoms with van der Waals surface area (Å²) in [5.74, 6) is -2.48. The van der Waals surface area contributed by atoms with Crippen LogP contribution in [0.1, 0.15) is 39.8 Å². The minimum absolute atomic E-state index is 0.0319.